The van der Waals surface area contributed by atoms with Gasteiger partial charge in [0, 0.05) is 5.75 Å². The van der Waals surface area contributed by atoms with Crippen molar-refractivity contribution in [1.29, 1.82) is 0 Å². The summed E-state index contributed by atoms with van der Waals surface area (Å²) < 4.78 is 5.92. The molecule has 5 aromatic rings. The normalized spacial score (nSPS) is 11.3. The maximum absolute atomic E-state index is 5.92. The Bertz CT molecular complexity index is 1310. The molecule has 0 saturated carbocycles. The second kappa shape index (κ2) is 7.64. The van der Waals surface area contributed by atoms with E-state index in [1.807, 2.05) is 42.5 Å². The fourth-order valence-corrected chi connectivity index (χ4v) is 4.06. The van der Waals surface area contributed by atoms with Crippen LogP contribution in [0.1, 0.15) is 11.1 Å². The zero-order valence-electron chi connectivity index (χ0n) is 15.9. The molecule has 0 aliphatic rings. The van der Waals surface area contributed by atoms with E-state index in [1.165, 1.54) is 11.1 Å². The van der Waals surface area contributed by atoms with Crippen molar-refractivity contribution in [3.63, 3.8) is 0 Å². The molecule has 29 heavy (non-hydrogen) atoms. The molecule has 6 heteroatoms. The van der Waals surface area contributed by atoms with Crippen molar-refractivity contribution >= 4 is 33.8 Å². The van der Waals surface area contributed by atoms with E-state index in [0.29, 0.717) is 11.1 Å². The lowest BCUT2D eigenvalue weighted by molar-refractivity contribution is 0.466. The fourth-order valence-electron chi connectivity index (χ4n) is 3.32. The number of fused-ring (bicyclic) bond motifs is 2. The summed E-state index contributed by atoms with van der Waals surface area (Å²) in [6.07, 6.45) is 0.954. The summed E-state index contributed by atoms with van der Waals surface area (Å²) in [6.45, 7) is 2.11. The van der Waals surface area contributed by atoms with Crippen molar-refractivity contribution in [3.05, 3.63) is 77.9 Å². The molecule has 0 amide bonds. The summed E-state index contributed by atoms with van der Waals surface area (Å²) in [4.78, 5) is 9.48. The van der Waals surface area contributed by atoms with Crippen LogP contribution < -0.4 is 0 Å². The van der Waals surface area contributed by atoms with Crippen LogP contribution in [0.15, 0.2) is 76.4 Å². The van der Waals surface area contributed by atoms with Gasteiger partial charge in [-0.25, -0.2) is 9.97 Å². The number of rotatable bonds is 5. The number of hydrogen-bond donors (Lipinski definition) is 0. The first-order chi connectivity index (χ1) is 14.3. The van der Waals surface area contributed by atoms with Crippen molar-refractivity contribution in [1.82, 2.24) is 20.2 Å². The first-order valence-electron chi connectivity index (χ1n) is 9.44. The van der Waals surface area contributed by atoms with Crippen LogP contribution in [-0.2, 0) is 6.42 Å². The molecule has 5 rings (SSSR count). The number of nitrogens with zero attached hydrogens (tertiary/aromatic N) is 4. The second-order valence-corrected chi connectivity index (χ2v) is 7.89. The van der Waals surface area contributed by atoms with E-state index in [1.54, 1.807) is 11.8 Å². The Morgan fingerprint density at radius 3 is 2.48 bits per heavy atom. The molecule has 0 bridgehead atoms. The molecule has 0 aliphatic heterocycles. The lowest BCUT2D eigenvalue weighted by Crippen LogP contribution is -1.90. The van der Waals surface area contributed by atoms with Crippen LogP contribution in [0.5, 0.6) is 0 Å². The van der Waals surface area contributed by atoms with Gasteiger partial charge >= 0.3 is 0 Å². The van der Waals surface area contributed by atoms with Crippen LogP contribution in [-0.4, -0.2) is 25.9 Å². The third-order valence-electron chi connectivity index (χ3n) is 4.71. The van der Waals surface area contributed by atoms with Crippen molar-refractivity contribution in [3.8, 4) is 11.5 Å². The minimum absolute atomic E-state index is 0.471. The summed E-state index contributed by atoms with van der Waals surface area (Å²) >= 11 is 1.57. The zero-order chi connectivity index (χ0) is 19.6. The largest absolute Gasteiger partial charge is 0.411 e. The molecule has 0 fully saturated rings. The number of hydrogen-bond acceptors (Lipinski definition) is 6. The molecule has 0 aliphatic carbocycles. The molecule has 142 valence electrons. The number of aryl methyl sites for hydroxylation is 2. The molecular formula is C23H18N4OS. The van der Waals surface area contributed by atoms with E-state index in [4.69, 9.17) is 14.4 Å². The minimum atomic E-state index is 0.471. The predicted octanol–water partition coefficient (Wildman–Crippen LogP) is 5.48. The van der Waals surface area contributed by atoms with Gasteiger partial charge in [-0.3, -0.25) is 0 Å². The molecule has 0 radical (unpaired) electrons. The molecule has 0 unspecified atom stereocenters. The van der Waals surface area contributed by atoms with Gasteiger partial charge in [0.25, 0.3) is 11.1 Å². The molecule has 5 nitrogen and oxygen atoms in total. The highest BCUT2D eigenvalue weighted by atomic mass is 32.2. The minimum Gasteiger partial charge on any atom is -0.411 e. The Balaban J connectivity index is 1.39. The number of para-hydroxylation sites is 3. The van der Waals surface area contributed by atoms with Crippen molar-refractivity contribution in [2.45, 2.75) is 18.6 Å². The Labute approximate surface area is 172 Å². The van der Waals surface area contributed by atoms with E-state index in [0.717, 1.165) is 39.8 Å². The Morgan fingerprint density at radius 2 is 1.62 bits per heavy atom. The highest BCUT2D eigenvalue weighted by Crippen LogP contribution is 2.29. The monoisotopic (exact) mass is 398 g/mol. The second-order valence-electron chi connectivity index (χ2n) is 6.85. The summed E-state index contributed by atoms with van der Waals surface area (Å²) in [6, 6.07) is 22.2. The van der Waals surface area contributed by atoms with Crippen molar-refractivity contribution in [2.24, 2.45) is 0 Å². The fraction of sp³-hybridized carbons (Fsp3) is 0.130. The predicted molar refractivity (Wildman–Crippen MR) is 116 cm³/mol. The number of benzene rings is 3. The van der Waals surface area contributed by atoms with Crippen LogP contribution in [0.4, 0.5) is 0 Å². The smallest absolute Gasteiger partial charge is 0.276 e. The summed E-state index contributed by atoms with van der Waals surface area (Å²) in [7, 11) is 0. The molecule has 0 spiro atoms. The quantitative estimate of drug-likeness (QED) is 0.289. The van der Waals surface area contributed by atoms with Crippen molar-refractivity contribution < 1.29 is 4.42 Å². The van der Waals surface area contributed by atoms with Crippen LogP contribution in [0.3, 0.4) is 0 Å². The molecule has 3 aromatic carbocycles. The highest BCUT2D eigenvalue weighted by molar-refractivity contribution is 7.99. The molecule has 0 N–H and O–H groups in total. The van der Waals surface area contributed by atoms with Gasteiger partial charge in [0.2, 0.25) is 0 Å². The standard InChI is InChI=1S/C23H18N4OS/c1-15-6-4-7-16(14-15)12-13-29-23-27-26-22(28-23)17-8-5-11-20-21(17)25-19-10-3-2-9-18(19)24-20/h2-11,14H,12-13H2,1H3. The zero-order valence-corrected chi connectivity index (χ0v) is 16.7. The van der Waals surface area contributed by atoms with Crippen LogP contribution in [0, 0.1) is 6.92 Å². The van der Waals surface area contributed by atoms with Crippen LogP contribution in [0.25, 0.3) is 33.5 Å². The molecule has 2 aromatic heterocycles. The Kier molecular flexibility index (Phi) is 4.69. The van der Waals surface area contributed by atoms with Crippen molar-refractivity contribution in [2.75, 3.05) is 5.75 Å². The van der Waals surface area contributed by atoms with Gasteiger partial charge < -0.3 is 4.42 Å². The maximum Gasteiger partial charge on any atom is 0.276 e. The van der Waals surface area contributed by atoms with Crippen LogP contribution in [0.2, 0.25) is 0 Å². The van der Waals surface area contributed by atoms with Gasteiger partial charge in [0.1, 0.15) is 5.52 Å². The maximum atomic E-state index is 5.92. The van der Waals surface area contributed by atoms with E-state index in [9.17, 15) is 0 Å². The van der Waals surface area contributed by atoms with Gasteiger partial charge in [-0.15, -0.1) is 10.2 Å². The van der Waals surface area contributed by atoms with Gasteiger partial charge in [-0.2, -0.15) is 0 Å². The van der Waals surface area contributed by atoms with Crippen LogP contribution >= 0.6 is 11.8 Å². The first-order valence-corrected chi connectivity index (χ1v) is 10.4. The Morgan fingerprint density at radius 1 is 0.828 bits per heavy atom. The van der Waals surface area contributed by atoms with Gasteiger partial charge in [0.05, 0.1) is 22.1 Å². The molecule has 2 heterocycles. The average Bonchev–Trinajstić information content (AvgIpc) is 3.20. The topological polar surface area (TPSA) is 64.7 Å². The molecule has 0 saturated heterocycles. The molecular weight excluding hydrogens is 380 g/mol. The summed E-state index contributed by atoms with van der Waals surface area (Å²) in [5.41, 5.74) is 6.69. The van der Waals surface area contributed by atoms with Gasteiger partial charge in [0.15, 0.2) is 0 Å². The summed E-state index contributed by atoms with van der Waals surface area (Å²) in [5.74, 6) is 1.35. The average molecular weight is 398 g/mol. The number of thioether (sulfide) groups is 1. The Hall–Kier alpha value is -3.25. The summed E-state index contributed by atoms with van der Waals surface area (Å²) in [5, 5.41) is 9.03. The first kappa shape index (κ1) is 17.8. The van der Waals surface area contributed by atoms with E-state index >= 15 is 0 Å². The highest BCUT2D eigenvalue weighted by Gasteiger charge is 2.14. The van der Waals surface area contributed by atoms with E-state index < -0.39 is 0 Å². The third kappa shape index (κ3) is 3.71. The van der Waals surface area contributed by atoms with Gasteiger partial charge in [-0.1, -0.05) is 59.8 Å². The lowest BCUT2D eigenvalue weighted by Gasteiger charge is -2.04. The number of aromatic nitrogens is 4. The van der Waals surface area contributed by atoms with Gasteiger partial charge in [-0.05, 0) is 43.2 Å². The van der Waals surface area contributed by atoms with E-state index in [2.05, 4.69) is 41.4 Å². The lowest BCUT2D eigenvalue weighted by atomic mass is 10.1. The SMILES string of the molecule is Cc1cccc(CCSc2nnc(-c3cccc4nc5ccccc5nc34)o2)c1. The molecule has 0 atom stereocenters. The third-order valence-corrected chi connectivity index (χ3v) is 5.53. The van der Waals surface area contributed by atoms with E-state index in [-0.39, 0.29) is 0 Å².